The summed E-state index contributed by atoms with van der Waals surface area (Å²) in [5, 5.41) is 9.19. The standard InChI is InChI=1S/C13H18O2/c1-4-12(15)13(9(2)3)10-5-7-11(14)8-6-10/h5-9,13-14H,4H2,1-3H3. The highest BCUT2D eigenvalue weighted by Gasteiger charge is 2.22. The molecular formula is C13H18O2. The minimum atomic E-state index is -0.0457. The van der Waals surface area contributed by atoms with Gasteiger partial charge in [-0.2, -0.15) is 0 Å². The predicted octanol–water partition coefficient (Wildman–Crippen LogP) is 3.11. The molecule has 0 aliphatic heterocycles. The Balaban J connectivity index is 2.99. The fraction of sp³-hybridized carbons (Fsp3) is 0.462. The van der Waals surface area contributed by atoms with Crippen molar-refractivity contribution in [3.05, 3.63) is 29.8 Å². The molecule has 1 aromatic carbocycles. The van der Waals surface area contributed by atoms with Crippen molar-refractivity contribution in [2.24, 2.45) is 5.92 Å². The summed E-state index contributed by atoms with van der Waals surface area (Å²) in [5.41, 5.74) is 0.995. The zero-order valence-corrected chi connectivity index (χ0v) is 9.53. The van der Waals surface area contributed by atoms with Crippen molar-refractivity contribution in [3.8, 4) is 5.75 Å². The Kier molecular flexibility index (Phi) is 3.89. The molecule has 0 saturated heterocycles. The number of ketones is 1. The average Bonchev–Trinajstić information content (AvgIpc) is 2.20. The van der Waals surface area contributed by atoms with Gasteiger partial charge in [0.05, 0.1) is 0 Å². The van der Waals surface area contributed by atoms with E-state index in [1.54, 1.807) is 12.1 Å². The molecular weight excluding hydrogens is 188 g/mol. The van der Waals surface area contributed by atoms with Gasteiger partial charge in [0.2, 0.25) is 0 Å². The normalized spacial score (nSPS) is 12.8. The number of phenols is 1. The smallest absolute Gasteiger partial charge is 0.140 e. The molecule has 2 heteroatoms. The lowest BCUT2D eigenvalue weighted by Gasteiger charge is -2.19. The molecule has 1 rings (SSSR count). The van der Waals surface area contributed by atoms with E-state index in [2.05, 4.69) is 0 Å². The Morgan fingerprint density at radius 2 is 1.80 bits per heavy atom. The SMILES string of the molecule is CCC(=O)C(c1ccc(O)cc1)C(C)C. The lowest BCUT2D eigenvalue weighted by atomic mass is 9.84. The summed E-state index contributed by atoms with van der Waals surface area (Å²) < 4.78 is 0. The minimum Gasteiger partial charge on any atom is -0.508 e. The quantitative estimate of drug-likeness (QED) is 0.821. The zero-order chi connectivity index (χ0) is 11.4. The van der Waals surface area contributed by atoms with Gasteiger partial charge in [0.25, 0.3) is 0 Å². The van der Waals surface area contributed by atoms with E-state index < -0.39 is 0 Å². The van der Waals surface area contributed by atoms with E-state index in [1.807, 2.05) is 32.9 Å². The third kappa shape index (κ3) is 2.82. The highest BCUT2D eigenvalue weighted by molar-refractivity contribution is 5.85. The van der Waals surface area contributed by atoms with E-state index in [0.29, 0.717) is 12.3 Å². The van der Waals surface area contributed by atoms with Crippen LogP contribution < -0.4 is 0 Å². The largest absolute Gasteiger partial charge is 0.508 e. The van der Waals surface area contributed by atoms with Crippen molar-refractivity contribution in [1.29, 1.82) is 0 Å². The summed E-state index contributed by atoms with van der Waals surface area (Å²) in [7, 11) is 0. The van der Waals surface area contributed by atoms with Crippen LogP contribution in [0.1, 0.15) is 38.7 Å². The third-order valence-corrected chi connectivity index (χ3v) is 2.61. The van der Waals surface area contributed by atoms with Crippen LogP contribution >= 0.6 is 0 Å². The van der Waals surface area contributed by atoms with Crippen LogP contribution in [0.3, 0.4) is 0 Å². The van der Waals surface area contributed by atoms with E-state index in [1.165, 1.54) is 0 Å². The van der Waals surface area contributed by atoms with Crippen LogP contribution in [-0.2, 0) is 4.79 Å². The fourth-order valence-electron chi connectivity index (χ4n) is 1.84. The first-order chi connectivity index (χ1) is 7.06. The van der Waals surface area contributed by atoms with Crippen LogP contribution in [0.4, 0.5) is 0 Å². The Morgan fingerprint density at radius 3 is 2.20 bits per heavy atom. The van der Waals surface area contributed by atoms with Crippen LogP contribution in [0.2, 0.25) is 0 Å². The number of Topliss-reactive ketones (excluding diaryl/α,β-unsaturated/α-hetero) is 1. The minimum absolute atomic E-state index is 0.0457. The molecule has 0 radical (unpaired) electrons. The highest BCUT2D eigenvalue weighted by Crippen LogP contribution is 2.27. The second kappa shape index (κ2) is 4.96. The van der Waals surface area contributed by atoms with Gasteiger partial charge in [0.15, 0.2) is 0 Å². The maximum absolute atomic E-state index is 11.8. The topological polar surface area (TPSA) is 37.3 Å². The Morgan fingerprint density at radius 1 is 1.27 bits per heavy atom. The number of rotatable bonds is 4. The Labute approximate surface area is 90.9 Å². The zero-order valence-electron chi connectivity index (χ0n) is 9.53. The molecule has 0 aliphatic carbocycles. The van der Waals surface area contributed by atoms with Gasteiger partial charge in [-0.1, -0.05) is 32.9 Å². The summed E-state index contributed by atoms with van der Waals surface area (Å²) in [4.78, 5) is 11.8. The number of carbonyl (C=O) groups excluding carboxylic acids is 1. The number of benzene rings is 1. The second-order valence-electron chi connectivity index (χ2n) is 4.13. The van der Waals surface area contributed by atoms with Gasteiger partial charge in [-0.3, -0.25) is 4.79 Å². The van der Waals surface area contributed by atoms with Gasteiger partial charge in [-0.15, -0.1) is 0 Å². The van der Waals surface area contributed by atoms with Gasteiger partial charge in [0.1, 0.15) is 11.5 Å². The van der Waals surface area contributed by atoms with Crippen molar-refractivity contribution in [1.82, 2.24) is 0 Å². The molecule has 0 bridgehead atoms. The van der Waals surface area contributed by atoms with Crippen LogP contribution in [0.5, 0.6) is 5.75 Å². The van der Waals surface area contributed by atoms with Gasteiger partial charge < -0.3 is 5.11 Å². The first-order valence-corrected chi connectivity index (χ1v) is 5.38. The molecule has 0 saturated carbocycles. The number of aromatic hydroxyl groups is 1. The molecule has 15 heavy (non-hydrogen) atoms. The van der Waals surface area contributed by atoms with E-state index >= 15 is 0 Å². The molecule has 0 spiro atoms. The van der Waals surface area contributed by atoms with Crippen molar-refractivity contribution in [3.63, 3.8) is 0 Å². The van der Waals surface area contributed by atoms with Crippen molar-refractivity contribution < 1.29 is 9.90 Å². The van der Waals surface area contributed by atoms with Crippen LogP contribution in [0, 0.1) is 5.92 Å². The van der Waals surface area contributed by atoms with Crippen molar-refractivity contribution in [2.45, 2.75) is 33.1 Å². The van der Waals surface area contributed by atoms with E-state index in [0.717, 1.165) is 5.56 Å². The number of carbonyl (C=O) groups is 1. The monoisotopic (exact) mass is 206 g/mol. The number of phenolic OH excluding ortho intramolecular Hbond substituents is 1. The molecule has 0 fully saturated rings. The molecule has 2 nitrogen and oxygen atoms in total. The molecule has 0 aromatic heterocycles. The van der Waals surface area contributed by atoms with Crippen molar-refractivity contribution in [2.75, 3.05) is 0 Å². The lowest BCUT2D eigenvalue weighted by Crippen LogP contribution is -2.17. The predicted molar refractivity (Wildman–Crippen MR) is 61.0 cm³/mol. The number of hydrogen-bond acceptors (Lipinski definition) is 2. The van der Waals surface area contributed by atoms with Crippen molar-refractivity contribution >= 4 is 5.78 Å². The molecule has 82 valence electrons. The summed E-state index contributed by atoms with van der Waals surface area (Å²) in [5.74, 6) is 0.749. The summed E-state index contributed by atoms with van der Waals surface area (Å²) >= 11 is 0. The molecule has 0 aliphatic rings. The van der Waals surface area contributed by atoms with Gasteiger partial charge >= 0.3 is 0 Å². The Hall–Kier alpha value is -1.31. The van der Waals surface area contributed by atoms with Gasteiger partial charge in [-0.25, -0.2) is 0 Å². The fourth-order valence-corrected chi connectivity index (χ4v) is 1.84. The molecule has 0 heterocycles. The van der Waals surface area contributed by atoms with Gasteiger partial charge in [-0.05, 0) is 23.6 Å². The molecule has 1 aromatic rings. The molecule has 0 amide bonds. The van der Waals surface area contributed by atoms with E-state index in [4.69, 9.17) is 0 Å². The lowest BCUT2D eigenvalue weighted by molar-refractivity contribution is -0.121. The number of hydrogen-bond donors (Lipinski definition) is 1. The molecule has 1 N–H and O–H groups in total. The van der Waals surface area contributed by atoms with Crippen LogP contribution in [0.25, 0.3) is 0 Å². The van der Waals surface area contributed by atoms with Crippen LogP contribution in [0.15, 0.2) is 24.3 Å². The average molecular weight is 206 g/mol. The third-order valence-electron chi connectivity index (χ3n) is 2.61. The molecule has 1 unspecified atom stereocenters. The second-order valence-corrected chi connectivity index (χ2v) is 4.13. The highest BCUT2D eigenvalue weighted by atomic mass is 16.3. The van der Waals surface area contributed by atoms with E-state index in [-0.39, 0.29) is 17.5 Å². The summed E-state index contributed by atoms with van der Waals surface area (Å²) in [6, 6.07) is 6.92. The first kappa shape index (κ1) is 11.8. The van der Waals surface area contributed by atoms with Crippen LogP contribution in [-0.4, -0.2) is 10.9 Å². The maximum atomic E-state index is 11.8. The molecule has 1 atom stereocenters. The van der Waals surface area contributed by atoms with Gasteiger partial charge in [0, 0.05) is 12.3 Å². The summed E-state index contributed by atoms with van der Waals surface area (Å²) in [6.45, 7) is 5.98. The summed E-state index contributed by atoms with van der Waals surface area (Å²) in [6.07, 6.45) is 0.559. The maximum Gasteiger partial charge on any atom is 0.140 e. The Bertz CT molecular complexity index is 325. The van der Waals surface area contributed by atoms with E-state index in [9.17, 15) is 9.90 Å². The first-order valence-electron chi connectivity index (χ1n) is 5.38.